The molecule has 0 aliphatic carbocycles. The Hall–Kier alpha value is -3.32. The van der Waals surface area contributed by atoms with Gasteiger partial charge in [-0.3, -0.25) is 19.2 Å². The van der Waals surface area contributed by atoms with Crippen molar-refractivity contribution < 1.29 is 24.3 Å². The highest BCUT2D eigenvalue weighted by Gasteiger charge is 2.42. The first-order valence-electron chi connectivity index (χ1n) is 10.4. The second-order valence-corrected chi connectivity index (χ2v) is 9.39. The van der Waals surface area contributed by atoms with E-state index < -0.39 is 53.7 Å². The molecule has 2 unspecified atom stereocenters. The van der Waals surface area contributed by atoms with Crippen molar-refractivity contribution in [3.63, 3.8) is 0 Å². The number of likely N-dealkylation sites (tertiary alicyclic amines) is 1. The Balaban J connectivity index is 2.21. The lowest BCUT2D eigenvalue weighted by Gasteiger charge is -2.35. The molecular formula is C22H28ClN5O5. The van der Waals surface area contributed by atoms with Crippen LogP contribution in [0.4, 0.5) is 5.69 Å². The van der Waals surface area contributed by atoms with E-state index in [0.29, 0.717) is 25.1 Å². The third-order valence-corrected chi connectivity index (χ3v) is 5.67. The van der Waals surface area contributed by atoms with E-state index >= 15 is 0 Å². The molecule has 3 atom stereocenters. The van der Waals surface area contributed by atoms with E-state index in [1.54, 1.807) is 26.8 Å². The minimum Gasteiger partial charge on any atom is -0.481 e. The van der Waals surface area contributed by atoms with Gasteiger partial charge in [-0.15, -0.1) is 0 Å². The maximum Gasteiger partial charge on any atom is 0.306 e. The molecule has 0 saturated carbocycles. The smallest absolute Gasteiger partial charge is 0.306 e. The summed E-state index contributed by atoms with van der Waals surface area (Å²) in [6.45, 7) is 5.66. The predicted molar refractivity (Wildman–Crippen MR) is 121 cm³/mol. The maximum absolute atomic E-state index is 13.5. The van der Waals surface area contributed by atoms with Crippen LogP contribution in [-0.4, -0.2) is 58.4 Å². The Labute approximate surface area is 197 Å². The van der Waals surface area contributed by atoms with E-state index in [4.69, 9.17) is 27.7 Å². The first-order valence-corrected chi connectivity index (χ1v) is 10.8. The summed E-state index contributed by atoms with van der Waals surface area (Å²) in [4.78, 5) is 51.3. The van der Waals surface area contributed by atoms with Crippen molar-refractivity contribution in [2.45, 2.75) is 58.2 Å². The number of nitrogen functional groups attached to an aromatic ring is 1. The number of hydrogen-bond donors (Lipinski definition) is 4. The van der Waals surface area contributed by atoms with Gasteiger partial charge in [-0.05, 0) is 36.5 Å². The highest BCUT2D eigenvalue weighted by atomic mass is 35.5. The third kappa shape index (κ3) is 6.58. The van der Waals surface area contributed by atoms with Crippen LogP contribution in [0.3, 0.4) is 0 Å². The fourth-order valence-electron chi connectivity index (χ4n) is 3.57. The Kier molecular flexibility index (Phi) is 8.28. The van der Waals surface area contributed by atoms with Gasteiger partial charge in [0.2, 0.25) is 11.8 Å². The zero-order valence-corrected chi connectivity index (χ0v) is 19.5. The molecule has 1 aliphatic heterocycles. The molecule has 0 bridgehead atoms. The molecule has 11 heteroatoms. The van der Waals surface area contributed by atoms with Crippen LogP contribution in [0.2, 0.25) is 5.02 Å². The van der Waals surface area contributed by atoms with E-state index in [0.717, 1.165) is 0 Å². The fourth-order valence-corrected chi connectivity index (χ4v) is 3.75. The number of nitriles is 1. The number of nitrogens with one attached hydrogen (secondary N) is 2. The normalized spacial score (nSPS) is 17.5. The van der Waals surface area contributed by atoms with Crippen molar-refractivity contribution in [1.29, 1.82) is 5.26 Å². The fraction of sp³-hybridized carbons (Fsp3) is 0.500. The van der Waals surface area contributed by atoms with Gasteiger partial charge in [0.15, 0.2) is 0 Å². The molecule has 178 valence electrons. The van der Waals surface area contributed by atoms with E-state index in [2.05, 4.69) is 10.6 Å². The number of rotatable bonds is 7. The SMILES string of the molecule is CC(C)(C)C(NC(=O)c1ccc(N)c(Cl)c1)C(=O)N1CCC[C@H]1C(=O)NC(C#N)CC(=O)O. The Bertz CT molecular complexity index is 984. The largest absolute Gasteiger partial charge is 0.481 e. The molecule has 1 fully saturated rings. The molecule has 2 rings (SSSR count). The van der Waals surface area contributed by atoms with Crippen LogP contribution in [0.25, 0.3) is 0 Å². The molecule has 1 saturated heterocycles. The van der Waals surface area contributed by atoms with Crippen LogP contribution < -0.4 is 16.4 Å². The van der Waals surface area contributed by atoms with E-state index in [9.17, 15) is 19.2 Å². The van der Waals surface area contributed by atoms with Crippen molar-refractivity contribution in [1.82, 2.24) is 15.5 Å². The summed E-state index contributed by atoms with van der Waals surface area (Å²) in [7, 11) is 0. The van der Waals surface area contributed by atoms with Gasteiger partial charge in [-0.25, -0.2) is 0 Å². The quantitative estimate of drug-likeness (QED) is 0.432. The number of benzene rings is 1. The first kappa shape index (κ1) is 25.9. The molecule has 0 aromatic heterocycles. The third-order valence-electron chi connectivity index (χ3n) is 5.34. The standard InChI is InChI=1S/C22H28ClN5O5/c1-22(2,3)18(27-19(31)12-6-7-15(25)14(23)9-12)21(33)28-8-4-5-16(28)20(32)26-13(11-24)10-17(29)30/h6-7,9,13,16,18H,4-5,8,10,25H2,1-3H3,(H,26,32)(H,27,31)(H,29,30)/t13?,16-,18?/m0/s1. The zero-order chi connectivity index (χ0) is 24.9. The van der Waals surface area contributed by atoms with Crippen LogP contribution in [0.1, 0.15) is 50.4 Å². The topological polar surface area (TPSA) is 166 Å². The van der Waals surface area contributed by atoms with Crippen LogP contribution in [0, 0.1) is 16.7 Å². The number of halogens is 1. The number of anilines is 1. The van der Waals surface area contributed by atoms with Gasteiger partial charge in [0.25, 0.3) is 5.91 Å². The Morgan fingerprint density at radius 1 is 1.30 bits per heavy atom. The molecule has 0 radical (unpaired) electrons. The van der Waals surface area contributed by atoms with Gasteiger partial charge in [0.1, 0.15) is 18.1 Å². The summed E-state index contributed by atoms with van der Waals surface area (Å²) in [5.74, 6) is -2.78. The molecule has 1 aromatic rings. The zero-order valence-electron chi connectivity index (χ0n) is 18.7. The molecule has 3 amide bonds. The molecule has 33 heavy (non-hydrogen) atoms. The number of hydrogen-bond acceptors (Lipinski definition) is 6. The summed E-state index contributed by atoms with van der Waals surface area (Å²) in [5.41, 5.74) is 5.56. The van der Waals surface area contributed by atoms with Crippen molar-refractivity contribution in [2.24, 2.45) is 5.41 Å². The van der Waals surface area contributed by atoms with Gasteiger partial charge in [-0.2, -0.15) is 5.26 Å². The number of carbonyl (C=O) groups excluding carboxylic acids is 3. The van der Waals surface area contributed by atoms with Crippen molar-refractivity contribution in [3.8, 4) is 6.07 Å². The van der Waals surface area contributed by atoms with Crippen LogP contribution in [0.5, 0.6) is 0 Å². The summed E-state index contributed by atoms with van der Waals surface area (Å²) >= 11 is 6.01. The lowest BCUT2D eigenvalue weighted by molar-refractivity contribution is -0.142. The number of nitrogens with zero attached hydrogens (tertiary/aromatic N) is 2. The number of carbonyl (C=O) groups is 4. The molecule has 10 nitrogen and oxygen atoms in total. The first-order chi connectivity index (χ1) is 15.3. The second-order valence-electron chi connectivity index (χ2n) is 8.99. The number of carboxylic acids is 1. The highest BCUT2D eigenvalue weighted by Crippen LogP contribution is 2.27. The molecule has 0 spiro atoms. The summed E-state index contributed by atoms with van der Waals surface area (Å²) in [5, 5.41) is 23.3. The summed E-state index contributed by atoms with van der Waals surface area (Å²) < 4.78 is 0. The van der Waals surface area contributed by atoms with Gasteiger partial charge in [0.05, 0.1) is 23.2 Å². The van der Waals surface area contributed by atoms with Gasteiger partial charge < -0.3 is 26.4 Å². The predicted octanol–water partition coefficient (Wildman–Crippen LogP) is 1.54. The Morgan fingerprint density at radius 3 is 2.52 bits per heavy atom. The molecule has 1 aliphatic rings. The molecule has 1 heterocycles. The van der Waals surface area contributed by atoms with Crippen molar-refractivity contribution >= 4 is 41.0 Å². The molecule has 1 aromatic carbocycles. The number of carboxylic acid groups (broad SMARTS) is 1. The molecule has 5 N–H and O–H groups in total. The number of aliphatic carboxylic acids is 1. The maximum atomic E-state index is 13.5. The van der Waals surface area contributed by atoms with Gasteiger partial charge in [-0.1, -0.05) is 32.4 Å². The van der Waals surface area contributed by atoms with Gasteiger partial charge >= 0.3 is 5.97 Å². The van der Waals surface area contributed by atoms with Crippen LogP contribution >= 0.6 is 11.6 Å². The monoisotopic (exact) mass is 477 g/mol. The van der Waals surface area contributed by atoms with Crippen molar-refractivity contribution in [2.75, 3.05) is 12.3 Å². The van der Waals surface area contributed by atoms with Crippen molar-refractivity contribution in [3.05, 3.63) is 28.8 Å². The lowest BCUT2D eigenvalue weighted by Crippen LogP contribution is -2.58. The van der Waals surface area contributed by atoms with Gasteiger partial charge in [0, 0.05) is 12.1 Å². The highest BCUT2D eigenvalue weighted by molar-refractivity contribution is 6.33. The second kappa shape index (κ2) is 10.5. The molecular weight excluding hydrogens is 450 g/mol. The lowest BCUT2D eigenvalue weighted by atomic mass is 9.85. The van der Waals surface area contributed by atoms with E-state index in [1.165, 1.54) is 23.1 Å². The van der Waals surface area contributed by atoms with Crippen LogP contribution in [0.15, 0.2) is 18.2 Å². The number of amides is 3. The average molecular weight is 478 g/mol. The van der Waals surface area contributed by atoms with E-state index in [-0.39, 0.29) is 10.6 Å². The average Bonchev–Trinajstić information content (AvgIpc) is 3.21. The minimum atomic E-state index is -1.22. The Morgan fingerprint density at radius 2 is 1.97 bits per heavy atom. The number of nitrogens with two attached hydrogens (primary N) is 1. The summed E-state index contributed by atoms with van der Waals surface area (Å²) in [6, 6.07) is 3.11. The van der Waals surface area contributed by atoms with E-state index in [1.807, 2.05) is 0 Å². The van der Waals surface area contributed by atoms with Crippen LogP contribution in [-0.2, 0) is 14.4 Å². The summed E-state index contributed by atoms with van der Waals surface area (Å²) in [6.07, 6.45) is 0.368. The minimum absolute atomic E-state index is 0.214.